The molecule has 136 valence electrons. The molecule has 1 saturated carbocycles. The van der Waals surface area contributed by atoms with Gasteiger partial charge in [-0.15, -0.1) is 4.80 Å². The highest BCUT2D eigenvalue weighted by Crippen LogP contribution is 2.46. The van der Waals surface area contributed by atoms with Crippen molar-refractivity contribution in [1.29, 1.82) is 5.26 Å². The molecule has 8 nitrogen and oxygen atoms in total. The van der Waals surface area contributed by atoms with E-state index in [1.807, 2.05) is 0 Å². The summed E-state index contributed by atoms with van der Waals surface area (Å²) in [4.78, 5) is 19.0. The van der Waals surface area contributed by atoms with Gasteiger partial charge < -0.3 is 5.32 Å². The standard InChI is InChI=1S/C18H17N7OS/c1-10(2)15-14(11-3-4-11)16(27-24-15)18(26)23-13-7-12(8-19)17(20-9-13)25-21-5-6-22-25/h5-7,9-11H,3-4H2,1-2H3,(H,23,26). The summed E-state index contributed by atoms with van der Waals surface area (Å²) < 4.78 is 4.51. The third-order valence-electron chi connectivity index (χ3n) is 4.35. The molecule has 3 aromatic heterocycles. The number of carbonyl (C=O) groups is 1. The molecule has 0 aromatic carbocycles. The van der Waals surface area contributed by atoms with E-state index in [1.54, 1.807) is 6.07 Å². The summed E-state index contributed by atoms with van der Waals surface area (Å²) in [5.41, 5.74) is 2.83. The molecule has 0 radical (unpaired) electrons. The molecular weight excluding hydrogens is 362 g/mol. The van der Waals surface area contributed by atoms with Gasteiger partial charge in [0.15, 0.2) is 5.82 Å². The van der Waals surface area contributed by atoms with Gasteiger partial charge in [0.2, 0.25) is 0 Å². The summed E-state index contributed by atoms with van der Waals surface area (Å²) in [6, 6.07) is 3.65. The Labute approximate surface area is 160 Å². The lowest BCUT2D eigenvalue weighted by molar-refractivity contribution is 0.102. The number of anilines is 1. The molecule has 0 bridgehead atoms. The summed E-state index contributed by atoms with van der Waals surface area (Å²) in [5, 5.41) is 20.2. The van der Waals surface area contributed by atoms with E-state index in [9.17, 15) is 10.1 Å². The van der Waals surface area contributed by atoms with Crippen molar-refractivity contribution in [2.75, 3.05) is 5.32 Å². The molecule has 27 heavy (non-hydrogen) atoms. The summed E-state index contributed by atoms with van der Waals surface area (Å²) in [7, 11) is 0. The minimum Gasteiger partial charge on any atom is -0.320 e. The molecule has 0 atom stereocenters. The number of carbonyl (C=O) groups excluding carboxylic acids is 1. The predicted octanol–water partition coefficient (Wildman–Crippen LogP) is 3.24. The SMILES string of the molecule is CC(C)c1nsc(C(=O)Nc2cnc(-n3nccn3)c(C#N)c2)c1C1CC1. The largest absolute Gasteiger partial charge is 0.320 e. The molecule has 0 spiro atoms. The van der Waals surface area contributed by atoms with Gasteiger partial charge in [0.05, 0.1) is 30.0 Å². The number of aromatic nitrogens is 5. The maximum atomic E-state index is 12.8. The fourth-order valence-electron chi connectivity index (χ4n) is 2.94. The minimum absolute atomic E-state index is 0.211. The van der Waals surface area contributed by atoms with Crippen LogP contribution in [0.25, 0.3) is 5.82 Å². The van der Waals surface area contributed by atoms with Gasteiger partial charge >= 0.3 is 0 Å². The van der Waals surface area contributed by atoms with E-state index in [4.69, 9.17) is 0 Å². The number of nitrogens with zero attached hydrogens (tertiary/aromatic N) is 6. The lowest BCUT2D eigenvalue weighted by Gasteiger charge is -2.09. The van der Waals surface area contributed by atoms with Gasteiger partial charge in [-0.3, -0.25) is 4.79 Å². The Morgan fingerprint density at radius 2 is 2.11 bits per heavy atom. The normalized spacial score (nSPS) is 13.6. The van der Waals surface area contributed by atoms with Crippen molar-refractivity contribution in [3.63, 3.8) is 0 Å². The highest BCUT2D eigenvalue weighted by atomic mass is 32.1. The minimum atomic E-state index is -0.211. The van der Waals surface area contributed by atoms with Crippen molar-refractivity contribution in [3.05, 3.63) is 46.4 Å². The van der Waals surface area contributed by atoms with Gasteiger partial charge in [-0.2, -0.15) is 19.8 Å². The number of pyridine rings is 1. The third-order valence-corrected chi connectivity index (χ3v) is 5.22. The number of hydrogen-bond donors (Lipinski definition) is 1. The average Bonchev–Trinajstić information content (AvgIpc) is 3.18. The molecule has 1 aliphatic rings. The number of rotatable bonds is 5. The van der Waals surface area contributed by atoms with E-state index < -0.39 is 0 Å². The Kier molecular flexibility index (Phi) is 4.41. The van der Waals surface area contributed by atoms with Gasteiger partial charge in [0, 0.05) is 5.56 Å². The molecule has 1 N–H and O–H groups in total. The Morgan fingerprint density at radius 1 is 1.37 bits per heavy atom. The lowest BCUT2D eigenvalue weighted by Crippen LogP contribution is -2.14. The lowest BCUT2D eigenvalue weighted by atomic mass is 10.0. The van der Waals surface area contributed by atoms with Crippen molar-refractivity contribution in [2.45, 2.75) is 38.5 Å². The third kappa shape index (κ3) is 3.31. The fourth-order valence-corrected chi connectivity index (χ4v) is 3.94. The topological polar surface area (TPSA) is 109 Å². The molecule has 1 aliphatic carbocycles. The van der Waals surface area contributed by atoms with Gasteiger partial charge in [-0.25, -0.2) is 4.98 Å². The molecule has 0 unspecified atom stereocenters. The van der Waals surface area contributed by atoms with Gasteiger partial charge in [0.1, 0.15) is 16.5 Å². The molecule has 0 saturated heterocycles. The second-order valence-corrected chi connectivity index (χ2v) is 7.49. The molecule has 0 aliphatic heterocycles. The Hall–Kier alpha value is -3.12. The first kappa shape index (κ1) is 17.3. The first-order valence-electron chi connectivity index (χ1n) is 8.66. The Bertz CT molecular complexity index is 1030. The second-order valence-electron chi connectivity index (χ2n) is 6.72. The van der Waals surface area contributed by atoms with Gasteiger partial charge in [-0.05, 0) is 42.3 Å². The molecule has 9 heteroatoms. The zero-order valence-electron chi connectivity index (χ0n) is 14.9. The van der Waals surface area contributed by atoms with Crippen molar-refractivity contribution in [2.24, 2.45) is 0 Å². The van der Waals surface area contributed by atoms with Crippen molar-refractivity contribution in [1.82, 2.24) is 24.4 Å². The van der Waals surface area contributed by atoms with Crippen molar-refractivity contribution in [3.8, 4) is 11.9 Å². The Balaban J connectivity index is 1.62. The van der Waals surface area contributed by atoms with Crippen LogP contribution in [0.3, 0.4) is 0 Å². The van der Waals surface area contributed by atoms with E-state index in [1.165, 1.54) is 34.9 Å². The van der Waals surface area contributed by atoms with Crippen molar-refractivity contribution >= 4 is 23.1 Å². The Morgan fingerprint density at radius 3 is 2.74 bits per heavy atom. The van der Waals surface area contributed by atoms with Crippen LogP contribution in [0.15, 0.2) is 24.7 Å². The van der Waals surface area contributed by atoms with E-state index in [0.717, 1.165) is 24.1 Å². The molecule has 4 rings (SSSR count). The van der Waals surface area contributed by atoms with E-state index in [-0.39, 0.29) is 17.4 Å². The van der Waals surface area contributed by atoms with Crippen molar-refractivity contribution < 1.29 is 4.79 Å². The van der Waals surface area contributed by atoms with Crippen LogP contribution in [-0.2, 0) is 0 Å². The average molecular weight is 379 g/mol. The van der Waals surface area contributed by atoms with Crippen LogP contribution in [0, 0.1) is 11.3 Å². The van der Waals surface area contributed by atoms with Crippen LogP contribution >= 0.6 is 11.5 Å². The van der Waals surface area contributed by atoms with Crippen LogP contribution in [0.2, 0.25) is 0 Å². The highest BCUT2D eigenvalue weighted by Gasteiger charge is 2.34. The molecule has 1 amide bonds. The van der Waals surface area contributed by atoms with Gasteiger partial charge in [-0.1, -0.05) is 13.8 Å². The van der Waals surface area contributed by atoms with E-state index in [0.29, 0.717) is 22.3 Å². The van der Waals surface area contributed by atoms with Crippen LogP contribution in [0.4, 0.5) is 5.69 Å². The zero-order chi connectivity index (χ0) is 19.0. The second kappa shape index (κ2) is 6.89. The van der Waals surface area contributed by atoms with Crippen LogP contribution < -0.4 is 5.32 Å². The summed E-state index contributed by atoms with van der Waals surface area (Å²) >= 11 is 1.24. The van der Waals surface area contributed by atoms with Crippen LogP contribution in [0.5, 0.6) is 0 Å². The number of nitriles is 1. The highest BCUT2D eigenvalue weighted by molar-refractivity contribution is 7.08. The maximum Gasteiger partial charge on any atom is 0.267 e. The first-order valence-corrected chi connectivity index (χ1v) is 9.43. The summed E-state index contributed by atoms with van der Waals surface area (Å²) in [6.07, 6.45) is 6.72. The smallest absolute Gasteiger partial charge is 0.267 e. The number of hydrogen-bond acceptors (Lipinski definition) is 7. The van der Waals surface area contributed by atoms with Crippen LogP contribution in [-0.4, -0.2) is 30.3 Å². The predicted molar refractivity (Wildman–Crippen MR) is 100 cm³/mol. The summed E-state index contributed by atoms with van der Waals surface area (Å²) in [5.74, 6) is 0.824. The molecule has 3 heterocycles. The van der Waals surface area contributed by atoms with Gasteiger partial charge in [0.25, 0.3) is 5.91 Å². The van der Waals surface area contributed by atoms with E-state index in [2.05, 4.69) is 44.8 Å². The molecular formula is C18H17N7OS. The number of amides is 1. The summed E-state index contributed by atoms with van der Waals surface area (Å²) in [6.45, 7) is 4.18. The number of nitrogens with one attached hydrogen (secondary N) is 1. The fraction of sp³-hybridized carbons (Fsp3) is 0.333. The first-order chi connectivity index (χ1) is 13.1. The molecule has 1 fully saturated rings. The maximum absolute atomic E-state index is 12.8. The monoisotopic (exact) mass is 379 g/mol. The molecule has 3 aromatic rings. The van der Waals surface area contributed by atoms with Crippen LogP contribution in [0.1, 0.15) is 65.0 Å². The van der Waals surface area contributed by atoms with E-state index >= 15 is 0 Å². The zero-order valence-corrected chi connectivity index (χ0v) is 15.7. The quantitative estimate of drug-likeness (QED) is 0.729.